The summed E-state index contributed by atoms with van der Waals surface area (Å²) in [4.78, 5) is 11.8. The Morgan fingerprint density at radius 2 is 1.96 bits per heavy atom. The SMILES string of the molecule is COc1ccc(C=CC(=O)O[C@@H]2[C@H](O)[C@@H](O)[C@H](C)O[C@@H]2O)cc1O. The first-order valence-corrected chi connectivity index (χ1v) is 7.29. The van der Waals surface area contributed by atoms with Gasteiger partial charge in [-0.3, -0.25) is 0 Å². The fourth-order valence-corrected chi connectivity index (χ4v) is 2.29. The summed E-state index contributed by atoms with van der Waals surface area (Å²) in [6.07, 6.45) is -4.05. The number of hydrogen-bond acceptors (Lipinski definition) is 8. The van der Waals surface area contributed by atoms with Gasteiger partial charge in [-0.25, -0.2) is 4.79 Å². The van der Waals surface area contributed by atoms with Gasteiger partial charge in [-0.2, -0.15) is 0 Å². The summed E-state index contributed by atoms with van der Waals surface area (Å²) in [6.45, 7) is 1.48. The Morgan fingerprint density at radius 3 is 2.58 bits per heavy atom. The number of esters is 1. The van der Waals surface area contributed by atoms with E-state index >= 15 is 0 Å². The van der Waals surface area contributed by atoms with E-state index < -0.39 is 36.7 Å². The van der Waals surface area contributed by atoms with Gasteiger partial charge in [0.1, 0.15) is 12.2 Å². The third-order valence-corrected chi connectivity index (χ3v) is 3.67. The number of ether oxygens (including phenoxy) is 3. The van der Waals surface area contributed by atoms with E-state index in [1.165, 1.54) is 32.2 Å². The van der Waals surface area contributed by atoms with Gasteiger partial charge in [0.05, 0.1) is 13.2 Å². The zero-order chi connectivity index (χ0) is 17.9. The van der Waals surface area contributed by atoms with E-state index in [2.05, 4.69) is 0 Å². The summed E-state index contributed by atoms with van der Waals surface area (Å²) in [5.74, 6) is -0.640. The Hall–Kier alpha value is -2.13. The lowest BCUT2D eigenvalue weighted by atomic mass is 10.00. The lowest BCUT2D eigenvalue weighted by Crippen LogP contribution is -2.57. The first-order chi connectivity index (χ1) is 11.3. The van der Waals surface area contributed by atoms with Gasteiger partial charge >= 0.3 is 5.97 Å². The van der Waals surface area contributed by atoms with Crippen LogP contribution in [0.15, 0.2) is 24.3 Å². The monoisotopic (exact) mass is 340 g/mol. The Labute approximate surface area is 138 Å². The van der Waals surface area contributed by atoms with Crippen LogP contribution in [0.1, 0.15) is 12.5 Å². The molecule has 2 rings (SSSR count). The molecule has 0 amide bonds. The molecule has 4 N–H and O–H groups in total. The molecule has 1 aliphatic rings. The number of carbonyl (C=O) groups is 1. The molecule has 5 atom stereocenters. The third kappa shape index (κ3) is 4.04. The molecule has 24 heavy (non-hydrogen) atoms. The molecule has 8 nitrogen and oxygen atoms in total. The average molecular weight is 340 g/mol. The first kappa shape index (κ1) is 18.2. The van der Waals surface area contributed by atoms with Gasteiger partial charge in [0.15, 0.2) is 23.9 Å². The van der Waals surface area contributed by atoms with Crippen molar-refractivity contribution in [1.29, 1.82) is 0 Å². The highest BCUT2D eigenvalue weighted by Gasteiger charge is 2.44. The summed E-state index contributed by atoms with van der Waals surface area (Å²) < 4.78 is 14.8. The van der Waals surface area contributed by atoms with E-state index in [1.807, 2.05) is 0 Å². The number of benzene rings is 1. The molecular formula is C16H20O8. The summed E-state index contributed by atoms with van der Waals surface area (Å²) in [7, 11) is 1.42. The molecule has 1 aromatic rings. The van der Waals surface area contributed by atoms with E-state index in [0.29, 0.717) is 11.3 Å². The van der Waals surface area contributed by atoms with Gasteiger partial charge in [-0.1, -0.05) is 6.07 Å². The molecule has 0 saturated carbocycles. The second-order valence-electron chi connectivity index (χ2n) is 5.38. The molecule has 1 fully saturated rings. The number of aliphatic hydroxyl groups is 3. The quantitative estimate of drug-likeness (QED) is 0.438. The van der Waals surface area contributed by atoms with Crippen molar-refractivity contribution < 1.29 is 39.4 Å². The lowest BCUT2D eigenvalue weighted by molar-refractivity contribution is -0.281. The highest BCUT2D eigenvalue weighted by Crippen LogP contribution is 2.27. The molecule has 0 aromatic heterocycles. The molecule has 1 aromatic carbocycles. The Kier molecular flexibility index (Phi) is 5.79. The largest absolute Gasteiger partial charge is 0.504 e. The minimum atomic E-state index is -1.54. The molecule has 0 radical (unpaired) electrons. The number of rotatable bonds is 4. The summed E-state index contributed by atoms with van der Waals surface area (Å²) in [6, 6.07) is 4.53. The first-order valence-electron chi connectivity index (χ1n) is 7.29. The van der Waals surface area contributed by atoms with Crippen molar-refractivity contribution in [3.63, 3.8) is 0 Å². The average Bonchev–Trinajstić information content (AvgIpc) is 2.55. The zero-order valence-electron chi connectivity index (χ0n) is 13.2. The van der Waals surface area contributed by atoms with Crippen LogP contribution >= 0.6 is 0 Å². The van der Waals surface area contributed by atoms with Crippen LogP contribution in [0.5, 0.6) is 11.5 Å². The number of phenolic OH excluding ortho intramolecular Hbond substituents is 1. The van der Waals surface area contributed by atoms with Crippen molar-refractivity contribution in [1.82, 2.24) is 0 Å². The van der Waals surface area contributed by atoms with E-state index in [1.54, 1.807) is 6.07 Å². The maximum atomic E-state index is 11.8. The number of hydrogen-bond donors (Lipinski definition) is 4. The summed E-state index contributed by atoms with van der Waals surface area (Å²) in [5.41, 5.74) is 0.514. The summed E-state index contributed by atoms with van der Waals surface area (Å²) >= 11 is 0. The fourth-order valence-electron chi connectivity index (χ4n) is 2.29. The smallest absolute Gasteiger partial charge is 0.331 e. The predicted octanol–water partition coefficient (Wildman–Crippen LogP) is -0.215. The maximum Gasteiger partial charge on any atom is 0.331 e. The van der Waals surface area contributed by atoms with Crippen LogP contribution in [0.4, 0.5) is 0 Å². The number of methoxy groups -OCH3 is 1. The summed E-state index contributed by atoms with van der Waals surface area (Å²) in [5, 5.41) is 38.9. The fraction of sp³-hybridized carbons (Fsp3) is 0.438. The van der Waals surface area contributed by atoms with Crippen molar-refractivity contribution in [3.05, 3.63) is 29.8 Å². The van der Waals surface area contributed by atoms with E-state index in [0.717, 1.165) is 6.08 Å². The maximum absolute atomic E-state index is 11.8. The zero-order valence-corrected chi connectivity index (χ0v) is 13.2. The topological polar surface area (TPSA) is 126 Å². The van der Waals surface area contributed by atoms with Crippen LogP contribution in [0.3, 0.4) is 0 Å². The second-order valence-corrected chi connectivity index (χ2v) is 5.38. The second kappa shape index (κ2) is 7.63. The van der Waals surface area contributed by atoms with Crippen molar-refractivity contribution in [2.24, 2.45) is 0 Å². The van der Waals surface area contributed by atoms with Crippen molar-refractivity contribution in [3.8, 4) is 11.5 Å². The molecule has 1 saturated heterocycles. The highest BCUT2D eigenvalue weighted by atomic mass is 16.7. The molecule has 0 bridgehead atoms. The van der Waals surface area contributed by atoms with Gasteiger partial charge in [0, 0.05) is 6.08 Å². The molecule has 0 unspecified atom stereocenters. The molecule has 0 aliphatic carbocycles. The highest BCUT2D eigenvalue weighted by molar-refractivity contribution is 5.87. The minimum absolute atomic E-state index is 0.0864. The van der Waals surface area contributed by atoms with Crippen LogP contribution in [0, 0.1) is 0 Å². The van der Waals surface area contributed by atoms with Gasteiger partial charge < -0.3 is 34.6 Å². The van der Waals surface area contributed by atoms with Crippen molar-refractivity contribution >= 4 is 12.0 Å². The van der Waals surface area contributed by atoms with Crippen LogP contribution in [-0.2, 0) is 14.3 Å². The number of aliphatic hydroxyl groups excluding tert-OH is 3. The predicted molar refractivity (Wildman–Crippen MR) is 82.1 cm³/mol. The van der Waals surface area contributed by atoms with Gasteiger partial charge in [-0.15, -0.1) is 0 Å². The Morgan fingerprint density at radius 1 is 1.25 bits per heavy atom. The standard InChI is InChI=1S/C16H20O8/c1-8-13(19)14(20)15(16(21)23-8)24-12(18)6-4-9-3-5-11(22-2)10(17)7-9/h3-8,13-17,19-21H,1-2H3/t8-,13-,14+,15+,16-/m0/s1. The number of phenols is 1. The van der Waals surface area contributed by atoms with Crippen LogP contribution in [0.2, 0.25) is 0 Å². The molecule has 1 aliphatic heterocycles. The Balaban J connectivity index is 2.01. The number of aromatic hydroxyl groups is 1. The van der Waals surface area contributed by atoms with Gasteiger partial charge in [-0.05, 0) is 30.7 Å². The van der Waals surface area contributed by atoms with Crippen LogP contribution < -0.4 is 4.74 Å². The van der Waals surface area contributed by atoms with Gasteiger partial charge in [0.25, 0.3) is 0 Å². The molecule has 132 valence electrons. The third-order valence-electron chi connectivity index (χ3n) is 3.67. The van der Waals surface area contributed by atoms with E-state index in [4.69, 9.17) is 14.2 Å². The van der Waals surface area contributed by atoms with Gasteiger partial charge in [0.2, 0.25) is 0 Å². The van der Waals surface area contributed by atoms with Crippen LogP contribution in [0.25, 0.3) is 6.08 Å². The van der Waals surface area contributed by atoms with Crippen molar-refractivity contribution in [2.45, 2.75) is 37.6 Å². The van der Waals surface area contributed by atoms with E-state index in [-0.39, 0.29) is 5.75 Å². The van der Waals surface area contributed by atoms with E-state index in [9.17, 15) is 25.2 Å². The molecule has 1 heterocycles. The number of carbonyl (C=O) groups excluding carboxylic acids is 1. The van der Waals surface area contributed by atoms with Crippen LogP contribution in [-0.4, -0.2) is 64.2 Å². The molecule has 0 spiro atoms. The Bertz CT molecular complexity index is 614. The lowest BCUT2D eigenvalue weighted by Gasteiger charge is -2.38. The molecular weight excluding hydrogens is 320 g/mol. The molecule has 8 heteroatoms. The van der Waals surface area contributed by atoms with Crippen molar-refractivity contribution in [2.75, 3.05) is 7.11 Å². The normalized spacial score (nSPS) is 30.3. The minimum Gasteiger partial charge on any atom is -0.504 e.